The Kier molecular flexibility index (Phi) is 4.47. The van der Waals surface area contributed by atoms with Crippen LogP contribution in [0.5, 0.6) is 0 Å². The Bertz CT molecular complexity index is 366. The van der Waals surface area contributed by atoms with Crippen molar-refractivity contribution in [3.63, 3.8) is 0 Å². The summed E-state index contributed by atoms with van der Waals surface area (Å²) in [5, 5.41) is 9.16. The Labute approximate surface area is 101 Å². The van der Waals surface area contributed by atoms with Crippen molar-refractivity contribution in [2.75, 3.05) is 6.61 Å². The van der Waals surface area contributed by atoms with Crippen molar-refractivity contribution in [2.45, 2.75) is 12.6 Å². The van der Waals surface area contributed by atoms with Gasteiger partial charge >= 0.3 is 6.18 Å². The molecule has 0 spiro atoms. The first-order valence-corrected chi connectivity index (χ1v) is 5.21. The molecule has 1 aromatic rings. The van der Waals surface area contributed by atoms with Crippen molar-refractivity contribution in [3.8, 4) is 0 Å². The maximum absolute atomic E-state index is 12.4. The van der Waals surface area contributed by atoms with Gasteiger partial charge in [0.25, 0.3) is 0 Å². The van der Waals surface area contributed by atoms with Gasteiger partial charge in [0.2, 0.25) is 0 Å². The summed E-state index contributed by atoms with van der Waals surface area (Å²) in [6.07, 6.45) is -4.72. The second kappa shape index (κ2) is 5.25. The highest BCUT2D eigenvalue weighted by atomic mass is 35.5. The maximum Gasteiger partial charge on any atom is 0.394 e. The van der Waals surface area contributed by atoms with E-state index in [9.17, 15) is 13.2 Å². The van der Waals surface area contributed by atoms with Gasteiger partial charge in [-0.3, -0.25) is 0 Å². The summed E-state index contributed by atoms with van der Waals surface area (Å²) >= 11 is 11.3. The van der Waals surface area contributed by atoms with E-state index in [4.69, 9.17) is 28.3 Å². The Balaban J connectivity index is 2.83. The summed E-state index contributed by atoms with van der Waals surface area (Å²) in [7, 11) is 0. The number of alkyl halides is 3. The summed E-state index contributed by atoms with van der Waals surface area (Å²) < 4.78 is 37.1. The lowest BCUT2D eigenvalue weighted by Crippen LogP contribution is -2.28. The molecule has 6 heteroatoms. The van der Waals surface area contributed by atoms with Crippen LogP contribution in [-0.2, 0) is 6.42 Å². The monoisotopic (exact) mass is 272 g/mol. The fraction of sp³-hybridized carbons (Fsp3) is 0.400. The zero-order chi connectivity index (χ0) is 12.3. The summed E-state index contributed by atoms with van der Waals surface area (Å²) in [4.78, 5) is 0. The third-order valence-corrected chi connectivity index (χ3v) is 2.89. The van der Waals surface area contributed by atoms with Crippen molar-refractivity contribution >= 4 is 23.2 Å². The van der Waals surface area contributed by atoms with Crippen LogP contribution in [0.3, 0.4) is 0 Å². The standard InChI is InChI=1S/C10H9Cl2F3O/c11-8-2-1-6(4-9(8)12)3-7(5-16)10(13,14)15/h1-2,4,7,16H,3,5H2/t7-/m1/s1. The predicted molar refractivity (Wildman–Crippen MR) is 56.8 cm³/mol. The van der Waals surface area contributed by atoms with Crippen molar-refractivity contribution in [1.82, 2.24) is 0 Å². The van der Waals surface area contributed by atoms with Gasteiger partial charge < -0.3 is 5.11 Å². The zero-order valence-corrected chi connectivity index (χ0v) is 9.57. The highest BCUT2D eigenvalue weighted by Gasteiger charge is 2.38. The molecule has 0 aliphatic rings. The van der Waals surface area contributed by atoms with Crippen LogP contribution in [0.2, 0.25) is 10.0 Å². The van der Waals surface area contributed by atoms with E-state index in [0.29, 0.717) is 5.56 Å². The fourth-order valence-corrected chi connectivity index (χ4v) is 1.56. The van der Waals surface area contributed by atoms with E-state index in [2.05, 4.69) is 0 Å². The molecule has 0 bridgehead atoms. The molecule has 1 atom stereocenters. The maximum atomic E-state index is 12.4. The van der Waals surface area contributed by atoms with Crippen molar-refractivity contribution in [2.24, 2.45) is 5.92 Å². The van der Waals surface area contributed by atoms with Gasteiger partial charge in [-0.15, -0.1) is 0 Å². The highest BCUT2D eigenvalue weighted by molar-refractivity contribution is 6.42. The van der Waals surface area contributed by atoms with Crippen molar-refractivity contribution in [3.05, 3.63) is 33.8 Å². The molecule has 90 valence electrons. The largest absolute Gasteiger partial charge is 0.396 e. The Morgan fingerprint density at radius 2 is 1.81 bits per heavy atom. The van der Waals surface area contributed by atoms with E-state index >= 15 is 0 Å². The van der Waals surface area contributed by atoms with E-state index in [-0.39, 0.29) is 16.5 Å². The zero-order valence-electron chi connectivity index (χ0n) is 8.06. The molecule has 0 saturated heterocycles. The number of aliphatic hydroxyl groups is 1. The second-order valence-electron chi connectivity index (χ2n) is 3.37. The highest BCUT2D eigenvalue weighted by Crippen LogP contribution is 2.30. The summed E-state index contributed by atoms with van der Waals surface area (Å²) in [5.74, 6) is -1.77. The topological polar surface area (TPSA) is 20.2 Å². The van der Waals surface area contributed by atoms with Gasteiger partial charge in [0.05, 0.1) is 22.6 Å². The van der Waals surface area contributed by atoms with E-state index in [1.54, 1.807) is 0 Å². The minimum atomic E-state index is -4.42. The number of aliphatic hydroxyl groups excluding tert-OH is 1. The minimum absolute atomic E-state index is 0.207. The summed E-state index contributed by atoms with van der Waals surface area (Å²) in [5.41, 5.74) is 0.394. The molecule has 0 heterocycles. The third kappa shape index (κ3) is 3.54. The van der Waals surface area contributed by atoms with Crippen LogP contribution >= 0.6 is 23.2 Å². The van der Waals surface area contributed by atoms with Crippen molar-refractivity contribution in [1.29, 1.82) is 0 Å². The van der Waals surface area contributed by atoms with Gasteiger partial charge in [-0.25, -0.2) is 0 Å². The van der Waals surface area contributed by atoms with Gasteiger partial charge in [0.15, 0.2) is 0 Å². The Hall–Kier alpha value is -0.450. The van der Waals surface area contributed by atoms with Gasteiger partial charge in [-0.1, -0.05) is 29.3 Å². The summed E-state index contributed by atoms with van der Waals surface area (Å²) in [6.45, 7) is -0.941. The summed E-state index contributed by atoms with van der Waals surface area (Å²) in [6, 6.07) is 4.27. The first kappa shape index (κ1) is 13.6. The van der Waals surface area contributed by atoms with Crippen LogP contribution in [0.25, 0.3) is 0 Å². The number of hydrogen-bond donors (Lipinski definition) is 1. The second-order valence-corrected chi connectivity index (χ2v) is 4.19. The molecule has 1 nitrogen and oxygen atoms in total. The van der Waals surface area contributed by atoms with E-state index < -0.39 is 18.7 Å². The smallest absolute Gasteiger partial charge is 0.394 e. The molecule has 16 heavy (non-hydrogen) atoms. The molecule has 0 unspecified atom stereocenters. The van der Waals surface area contributed by atoms with Crippen LogP contribution in [0.1, 0.15) is 5.56 Å². The number of rotatable bonds is 3. The molecule has 0 saturated carbocycles. The lowest BCUT2D eigenvalue weighted by Gasteiger charge is -2.17. The molecule has 0 aromatic heterocycles. The molecule has 0 aliphatic heterocycles. The molecule has 1 rings (SSSR count). The van der Waals surface area contributed by atoms with Crippen LogP contribution in [-0.4, -0.2) is 17.9 Å². The van der Waals surface area contributed by atoms with E-state index in [0.717, 1.165) is 0 Å². The van der Waals surface area contributed by atoms with Gasteiger partial charge in [-0.2, -0.15) is 13.2 Å². The molecule has 1 aromatic carbocycles. The quantitative estimate of drug-likeness (QED) is 0.890. The van der Waals surface area contributed by atoms with Gasteiger partial charge in [-0.05, 0) is 24.1 Å². The third-order valence-electron chi connectivity index (χ3n) is 2.15. The fourth-order valence-electron chi connectivity index (χ4n) is 1.23. The Morgan fingerprint density at radius 3 is 2.25 bits per heavy atom. The van der Waals surface area contributed by atoms with Gasteiger partial charge in [0, 0.05) is 0 Å². The van der Waals surface area contributed by atoms with E-state index in [1.807, 2.05) is 0 Å². The molecule has 0 amide bonds. The first-order chi connectivity index (χ1) is 7.34. The van der Waals surface area contributed by atoms with Crippen LogP contribution in [0.4, 0.5) is 13.2 Å². The molecule has 1 N–H and O–H groups in total. The average molecular weight is 273 g/mol. The SMILES string of the molecule is OC[C@@H](Cc1ccc(Cl)c(Cl)c1)C(F)(F)F. The average Bonchev–Trinajstić information content (AvgIpc) is 2.18. The van der Waals surface area contributed by atoms with E-state index in [1.165, 1.54) is 18.2 Å². The molecular weight excluding hydrogens is 264 g/mol. The lowest BCUT2D eigenvalue weighted by atomic mass is 10.00. The number of benzene rings is 1. The van der Waals surface area contributed by atoms with Crippen LogP contribution < -0.4 is 0 Å². The minimum Gasteiger partial charge on any atom is -0.396 e. The molecule has 0 radical (unpaired) electrons. The predicted octanol–water partition coefficient (Wildman–Crippen LogP) is 3.71. The molecular formula is C10H9Cl2F3O. The first-order valence-electron chi connectivity index (χ1n) is 4.46. The normalized spacial score (nSPS) is 13.9. The number of halogens is 5. The van der Waals surface area contributed by atoms with Gasteiger partial charge in [0.1, 0.15) is 0 Å². The molecule has 0 aliphatic carbocycles. The Morgan fingerprint density at radius 1 is 1.19 bits per heavy atom. The molecule has 0 fully saturated rings. The number of hydrogen-bond acceptors (Lipinski definition) is 1. The van der Waals surface area contributed by atoms with Crippen LogP contribution in [0, 0.1) is 5.92 Å². The lowest BCUT2D eigenvalue weighted by molar-refractivity contribution is -0.183. The van der Waals surface area contributed by atoms with Crippen LogP contribution in [0.15, 0.2) is 18.2 Å². The van der Waals surface area contributed by atoms with Crippen molar-refractivity contribution < 1.29 is 18.3 Å².